The quantitative estimate of drug-likeness (QED) is 0.255. The molecular formula is C20H34GeO5Si. The molecule has 0 spiro atoms. The van der Waals surface area contributed by atoms with Gasteiger partial charge in [0.2, 0.25) is 0 Å². The molecule has 0 bridgehead atoms. The van der Waals surface area contributed by atoms with E-state index in [1.165, 1.54) is 0 Å². The summed E-state index contributed by atoms with van der Waals surface area (Å²) < 4.78 is 31.2. The molecule has 7 heteroatoms. The molecule has 0 unspecified atom stereocenters. The Morgan fingerprint density at radius 2 is 1.78 bits per heavy atom. The van der Waals surface area contributed by atoms with Crippen molar-refractivity contribution in [2.24, 2.45) is 5.92 Å². The number of rotatable bonds is 7. The monoisotopic (exact) mass is 456 g/mol. The van der Waals surface area contributed by atoms with Gasteiger partial charge in [0, 0.05) is 0 Å². The van der Waals surface area contributed by atoms with Crippen LogP contribution in [0, 0.1) is 28.1 Å². The molecule has 3 atom stereocenters. The average molecular weight is 455 g/mol. The fourth-order valence-corrected chi connectivity index (χ4v) is 3.98. The summed E-state index contributed by atoms with van der Waals surface area (Å²) in [7, 11) is 1.69. The van der Waals surface area contributed by atoms with Gasteiger partial charge in [-0.05, 0) is 0 Å². The Bertz CT molecular complexity index is 613. The second-order valence-corrected chi connectivity index (χ2v) is 23.3. The third-order valence-corrected chi connectivity index (χ3v) is 6.14. The van der Waals surface area contributed by atoms with Gasteiger partial charge in [-0.15, -0.1) is 0 Å². The first-order valence-electron chi connectivity index (χ1n) is 9.17. The average Bonchev–Trinajstić information content (AvgIpc) is 2.55. The molecule has 0 aromatic carbocycles. The zero-order valence-electron chi connectivity index (χ0n) is 18.0. The molecule has 1 aliphatic rings. The summed E-state index contributed by atoms with van der Waals surface area (Å²) >= 11 is -2.04. The minimum absolute atomic E-state index is 0.140. The predicted molar refractivity (Wildman–Crippen MR) is 113 cm³/mol. The third-order valence-electron chi connectivity index (χ3n) is 3.38. The van der Waals surface area contributed by atoms with Gasteiger partial charge in [0.05, 0.1) is 0 Å². The Morgan fingerprint density at radius 1 is 1.11 bits per heavy atom. The van der Waals surface area contributed by atoms with Crippen LogP contribution in [0.2, 0.25) is 36.9 Å². The Labute approximate surface area is 168 Å². The van der Waals surface area contributed by atoms with E-state index in [1.807, 2.05) is 6.08 Å². The fourth-order valence-electron chi connectivity index (χ4n) is 2.22. The Kier molecular flexibility index (Phi) is 10.2. The van der Waals surface area contributed by atoms with Crippen molar-refractivity contribution in [3.8, 4) is 22.1 Å². The molecular weight excluding hydrogens is 421 g/mol. The van der Waals surface area contributed by atoms with Crippen molar-refractivity contribution in [3.63, 3.8) is 0 Å². The van der Waals surface area contributed by atoms with Gasteiger partial charge in [0.1, 0.15) is 0 Å². The first-order chi connectivity index (χ1) is 12.6. The molecule has 1 aliphatic heterocycles. The second kappa shape index (κ2) is 11.3. The minimum atomic E-state index is -2.04. The van der Waals surface area contributed by atoms with Gasteiger partial charge >= 0.3 is 168 Å². The van der Waals surface area contributed by atoms with Gasteiger partial charge in [0.25, 0.3) is 0 Å². The van der Waals surface area contributed by atoms with Gasteiger partial charge in [-0.25, -0.2) is 0 Å². The zero-order valence-corrected chi connectivity index (χ0v) is 21.1. The summed E-state index contributed by atoms with van der Waals surface area (Å²) in [5.74, 6) is 13.9. The topological polar surface area (TPSA) is 46.2 Å². The molecule has 0 N–H and O–H groups in total. The Hall–Kier alpha value is -0.740. The van der Waals surface area contributed by atoms with Gasteiger partial charge in [-0.3, -0.25) is 0 Å². The number of ether oxygens (including phenoxy) is 5. The molecule has 0 radical (unpaired) electrons. The van der Waals surface area contributed by atoms with Crippen LogP contribution in [0.25, 0.3) is 0 Å². The number of allylic oxidation sites excluding steroid dienone is 1. The van der Waals surface area contributed by atoms with E-state index in [4.69, 9.17) is 23.7 Å². The van der Waals surface area contributed by atoms with E-state index in [1.54, 1.807) is 14.2 Å². The van der Waals surface area contributed by atoms with E-state index in [2.05, 4.69) is 59.0 Å². The summed E-state index contributed by atoms with van der Waals surface area (Å²) in [6, 6.07) is 0. The van der Waals surface area contributed by atoms with E-state index >= 15 is 0 Å². The summed E-state index contributed by atoms with van der Waals surface area (Å²) in [6.45, 7) is 7.36. The van der Waals surface area contributed by atoms with Gasteiger partial charge in [0.15, 0.2) is 0 Å². The van der Waals surface area contributed by atoms with E-state index in [0.717, 1.165) is 0 Å². The fraction of sp³-hybridized carbons (Fsp3) is 0.700. The molecule has 0 aromatic rings. The van der Waals surface area contributed by atoms with E-state index in [0.29, 0.717) is 12.4 Å². The van der Waals surface area contributed by atoms with Crippen LogP contribution in [0.15, 0.2) is 11.8 Å². The van der Waals surface area contributed by atoms with Crippen molar-refractivity contribution < 1.29 is 23.7 Å². The third kappa shape index (κ3) is 10.4. The van der Waals surface area contributed by atoms with Gasteiger partial charge in [-0.2, -0.15) is 0 Å². The first kappa shape index (κ1) is 24.3. The molecule has 152 valence electrons. The molecule has 0 saturated heterocycles. The van der Waals surface area contributed by atoms with E-state index in [9.17, 15) is 0 Å². The molecule has 0 fully saturated rings. The Balaban J connectivity index is 3.18. The molecule has 1 heterocycles. The van der Waals surface area contributed by atoms with Gasteiger partial charge in [-0.1, -0.05) is 0 Å². The summed E-state index contributed by atoms with van der Waals surface area (Å²) in [5, 5.41) is 0. The zero-order chi connectivity index (χ0) is 20.5. The predicted octanol–water partition coefficient (Wildman–Crippen LogP) is 3.26. The SMILES string of the molecule is COCOC[C@H]1OC(C#C[Si](C)(C)C)=C[C@@H](OCOC)[C@@H]1C#[C][Ge]([CH3])([CH3])[CH3]. The van der Waals surface area contributed by atoms with Crippen molar-refractivity contribution in [2.45, 2.75) is 49.1 Å². The first-order valence-corrected chi connectivity index (χ1v) is 20.0. The number of methoxy groups -OCH3 is 2. The van der Waals surface area contributed by atoms with Crippen LogP contribution in [0.3, 0.4) is 0 Å². The van der Waals surface area contributed by atoms with Crippen molar-refractivity contribution in [2.75, 3.05) is 34.4 Å². The van der Waals surface area contributed by atoms with Crippen molar-refractivity contribution in [1.29, 1.82) is 0 Å². The molecule has 0 aromatic heterocycles. The number of hydrogen-bond acceptors (Lipinski definition) is 5. The maximum atomic E-state index is 6.14. The van der Waals surface area contributed by atoms with Crippen LogP contribution in [0.4, 0.5) is 0 Å². The van der Waals surface area contributed by atoms with Crippen LogP contribution < -0.4 is 0 Å². The summed E-state index contributed by atoms with van der Waals surface area (Å²) in [6.07, 6.45) is 1.40. The molecule has 0 aliphatic carbocycles. The summed E-state index contributed by atoms with van der Waals surface area (Å²) in [5.41, 5.74) is 3.34. The van der Waals surface area contributed by atoms with Crippen LogP contribution in [-0.4, -0.2) is 68.0 Å². The molecule has 0 amide bonds. The molecule has 5 nitrogen and oxygen atoms in total. The normalized spacial score (nSPS) is 22.7. The molecule has 27 heavy (non-hydrogen) atoms. The standard InChI is InChI=1S/C20H34GeO5Si/c1-21(2,3)11-9-18-19(25-16-23-5)13-17(10-12-27(6,7)8)26-20(18)14-24-15-22-4/h13,18-20H,14-16H2,1-8H3/t18-,19+,20+/m0/s1. The second-order valence-electron chi connectivity index (χ2n) is 8.55. The van der Waals surface area contributed by atoms with Crippen molar-refractivity contribution >= 4 is 21.3 Å². The van der Waals surface area contributed by atoms with Crippen LogP contribution in [0.5, 0.6) is 0 Å². The maximum absolute atomic E-state index is 6.14. The Morgan fingerprint density at radius 3 is 2.33 bits per heavy atom. The van der Waals surface area contributed by atoms with Crippen molar-refractivity contribution in [1.82, 2.24) is 0 Å². The van der Waals surface area contributed by atoms with E-state index < -0.39 is 21.3 Å². The van der Waals surface area contributed by atoms with Gasteiger partial charge < -0.3 is 0 Å². The van der Waals surface area contributed by atoms with E-state index in [-0.39, 0.29) is 31.7 Å². The summed E-state index contributed by atoms with van der Waals surface area (Å²) in [4.78, 5) is 0. The van der Waals surface area contributed by atoms with Crippen LogP contribution in [0.1, 0.15) is 0 Å². The van der Waals surface area contributed by atoms with Crippen LogP contribution in [-0.2, 0) is 23.7 Å². The molecule has 0 saturated carbocycles. The van der Waals surface area contributed by atoms with Crippen molar-refractivity contribution in [3.05, 3.63) is 11.8 Å². The molecule has 1 rings (SSSR count). The number of hydrogen-bond donors (Lipinski definition) is 0. The van der Waals surface area contributed by atoms with Crippen LogP contribution >= 0.6 is 0 Å².